The zero-order valence-corrected chi connectivity index (χ0v) is 12.4. The Morgan fingerprint density at radius 2 is 1.76 bits per heavy atom. The van der Waals surface area contributed by atoms with Gasteiger partial charge in [0.15, 0.2) is 0 Å². The van der Waals surface area contributed by atoms with E-state index in [1.54, 1.807) is 24.3 Å². The fraction of sp³-hybridized carbons (Fsp3) is 0.375. The van der Waals surface area contributed by atoms with Crippen molar-refractivity contribution in [3.63, 3.8) is 0 Å². The smallest absolute Gasteiger partial charge is 0.261 e. The van der Waals surface area contributed by atoms with Gasteiger partial charge in [-0.2, -0.15) is 0 Å². The Morgan fingerprint density at radius 3 is 2.43 bits per heavy atom. The van der Waals surface area contributed by atoms with E-state index in [-0.39, 0.29) is 18.4 Å². The first-order valence-corrected chi connectivity index (χ1v) is 7.58. The van der Waals surface area contributed by atoms with Crippen molar-refractivity contribution in [2.45, 2.75) is 19.3 Å². The van der Waals surface area contributed by atoms with Crippen LogP contribution in [-0.2, 0) is 0 Å². The summed E-state index contributed by atoms with van der Waals surface area (Å²) in [6.07, 6.45) is 2.84. The predicted octanol–water partition coefficient (Wildman–Crippen LogP) is 2.55. The summed E-state index contributed by atoms with van der Waals surface area (Å²) >= 11 is 6.39. The lowest BCUT2D eigenvalue weighted by Crippen LogP contribution is -2.31. The van der Waals surface area contributed by atoms with Crippen LogP contribution < -0.4 is 5.32 Å². The topological polar surface area (TPSA) is 49.4 Å². The number of fused-ring (bicyclic) bond motifs is 1. The second-order valence-electron chi connectivity index (χ2n) is 5.35. The van der Waals surface area contributed by atoms with Crippen LogP contribution in [0.5, 0.6) is 0 Å². The predicted molar refractivity (Wildman–Crippen MR) is 81.4 cm³/mol. The van der Waals surface area contributed by atoms with E-state index < -0.39 is 0 Å². The second kappa shape index (κ2) is 6.00. The summed E-state index contributed by atoms with van der Waals surface area (Å²) in [7, 11) is 0. The third-order valence-corrected chi connectivity index (χ3v) is 4.38. The first-order chi connectivity index (χ1) is 10.2. The summed E-state index contributed by atoms with van der Waals surface area (Å²) in [5, 5.41) is 3.95. The summed E-state index contributed by atoms with van der Waals surface area (Å²) in [5.74, 6) is -0.498. The Kier molecular flexibility index (Phi) is 4.08. The fourth-order valence-electron chi connectivity index (χ4n) is 2.82. The molecule has 1 fully saturated rings. The Bertz CT molecular complexity index is 579. The van der Waals surface area contributed by atoms with E-state index in [9.17, 15) is 9.59 Å². The molecule has 1 saturated heterocycles. The van der Waals surface area contributed by atoms with Gasteiger partial charge in [-0.15, -0.1) is 0 Å². The fourth-order valence-corrected chi connectivity index (χ4v) is 3.13. The molecule has 1 aromatic carbocycles. The van der Waals surface area contributed by atoms with Gasteiger partial charge in [0.1, 0.15) is 0 Å². The summed E-state index contributed by atoms with van der Waals surface area (Å²) in [4.78, 5) is 25.9. The van der Waals surface area contributed by atoms with Crippen molar-refractivity contribution >= 4 is 23.4 Å². The van der Waals surface area contributed by atoms with Crippen molar-refractivity contribution in [2.24, 2.45) is 0 Å². The molecule has 0 radical (unpaired) electrons. The molecule has 0 bridgehead atoms. The maximum atomic E-state index is 12.3. The molecule has 2 aliphatic heterocycles. The molecule has 5 heteroatoms. The van der Waals surface area contributed by atoms with E-state index >= 15 is 0 Å². The van der Waals surface area contributed by atoms with E-state index in [2.05, 4.69) is 5.32 Å². The van der Waals surface area contributed by atoms with Gasteiger partial charge in [0.25, 0.3) is 11.8 Å². The maximum Gasteiger partial charge on any atom is 0.261 e. The molecule has 0 aliphatic carbocycles. The molecule has 2 amide bonds. The number of hydrogen-bond donors (Lipinski definition) is 1. The van der Waals surface area contributed by atoms with E-state index in [4.69, 9.17) is 11.6 Å². The number of rotatable bonds is 2. The van der Waals surface area contributed by atoms with E-state index in [1.165, 1.54) is 4.90 Å². The van der Waals surface area contributed by atoms with Crippen LogP contribution in [0.15, 0.2) is 34.9 Å². The molecular weight excluding hydrogens is 288 g/mol. The molecule has 1 aromatic rings. The third kappa shape index (κ3) is 2.74. The number of amides is 2. The highest BCUT2D eigenvalue weighted by Crippen LogP contribution is 2.26. The first-order valence-electron chi connectivity index (χ1n) is 7.21. The lowest BCUT2D eigenvalue weighted by atomic mass is 10.1. The van der Waals surface area contributed by atoms with Crippen LogP contribution in [0.1, 0.15) is 40.0 Å². The summed E-state index contributed by atoms with van der Waals surface area (Å²) in [5.41, 5.74) is 2.09. The van der Waals surface area contributed by atoms with Crippen molar-refractivity contribution in [2.75, 3.05) is 19.6 Å². The highest BCUT2D eigenvalue weighted by molar-refractivity contribution is 6.31. The SMILES string of the molecule is O=C1c2ccccc2C(=O)N1C/C(Cl)=C1\CCCNCC1. The van der Waals surface area contributed by atoms with Crippen LogP contribution in [0.25, 0.3) is 0 Å². The molecule has 110 valence electrons. The van der Waals surface area contributed by atoms with Gasteiger partial charge >= 0.3 is 0 Å². The standard InChI is InChI=1S/C16H17ClN2O2/c17-14(11-4-3-8-18-9-7-11)10-19-15(20)12-5-1-2-6-13(12)16(19)21/h1-2,5-6,18H,3-4,7-10H2/b14-11-. The van der Waals surface area contributed by atoms with Gasteiger partial charge in [-0.25, -0.2) is 0 Å². The van der Waals surface area contributed by atoms with Crippen molar-refractivity contribution in [1.29, 1.82) is 0 Å². The van der Waals surface area contributed by atoms with Gasteiger partial charge < -0.3 is 5.32 Å². The van der Waals surface area contributed by atoms with Gasteiger partial charge in [0.05, 0.1) is 17.7 Å². The zero-order chi connectivity index (χ0) is 14.8. The van der Waals surface area contributed by atoms with Crippen LogP contribution in [-0.4, -0.2) is 36.3 Å². The minimum atomic E-state index is -0.249. The molecule has 21 heavy (non-hydrogen) atoms. The zero-order valence-electron chi connectivity index (χ0n) is 11.7. The van der Waals surface area contributed by atoms with E-state index in [0.717, 1.165) is 37.9 Å². The molecule has 4 nitrogen and oxygen atoms in total. The average molecular weight is 305 g/mol. The van der Waals surface area contributed by atoms with Crippen molar-refractivity contribution in [3.8, 4) is 0 Å². The number of hydrogen-bond acceptors (Lipinski definition) is 3. The Morgan fingerprint density at radius 1 is 1.10 bits per heavy atom. The number of halogens is 1. The molecule has 2 heterocycles. The normalized spacial score (nSPS) is 21.3. The van der Waals surface area contributed by atoms with Crippen LogP contribution in [0.4, 0.5) is 0 Å². The Balaban J connectivity index is 1.81. The average Bonchev–Trinajstić information content (AvgIpc) is 2.72. The number of benzene rings is 1. The second-order valence-corrected chi connectivity index (χ2v) is 5.81. The van der Waals surface area contributed by atoms with E-state index in [1.807, 2.05) is 0 Å². The molecule has 1 N–H and O–H groups in total. The molecule has 2 aliphatic rings. The molecule has 0 aromatic heterocycles. The summed E-state index contributed by atoms with van der Waals surface area (Å²) < 4.78 is 0. The first kappa shape index (κ1) is 14.3. The minimum absolute atomic E-state index is 0.184. The van der Waals surface area contributed by atoms with Gasteiger partial charge in [-0.05, 0) is 44.5 Å². The van der Waals surface area contributed by atoms with Crippen molar-refractivity contribution < 1.29 is 9.59 Å². The van der Waals surface area contributed by atoms with Crippen molar-refractivity contribution in [1.82, 2.24) is 10.2 Å². The van der Waals surface area contributed by atoms with Gasteiger partial charge in [0, 0.05) is 5.03 Å². The lowest BCUT2D eigenvalue weighted by molar-refractivity contribution is 0.0670. The van der Waals surface area contributed by atoms with Crippen LogP contribution in [0.2, 0.25) is 0 Å². The number of nitrogens with zero attached hydrogens (tertiary/aromatic N) is 1. The molecule has 3 rings (SSSR count). The molecule has 0 spiro atoms. The molecule has 0 saturated carbocycles. The Labute approximate surface area is 128 Å². The third-order valence-electron chi connectivity index (χ3n) is 3.99. The van der Waals surface area contributed by atoms with Gasteiger partial charge in [-0.1, -0.05) is 29.3 Å². The number of imide groups is 1. The monoisotopic (exact) mass is 304 g/mol. The van der Waals surface area contributed by atoms with Gasteiger partial charge in [0.2, 0.25) is 0 Å². The summed E-state index contributed by atoms with van der Waals surface area (Å²) in [6, 6.07) is 6.91. The van der Waals surface area contributed by atoms with E-state index in [0.29, 0.717) is 16.2 Å². The summed E-state index contributed by atoms with van der Waals surface area (Å²) in [6.45, 7) is 2.07. The Hall–Kier alpha value is -1.65. The molecule has 0 unspecified atom stereocenters. The molecular formula is C16H17ClN2O2. The number of carbonyl (C=O) groups excluding carboxylic acids is 2. The van der Waals surface area contributed by atoms with Crippen LogP contribution >= 0.6 is 11.6 Å². The highest BCUT2D eigenvalue weighted by atomic mass is 35.5. The largest absolute Gasteiger partial charge is 0.316 e. The molecule has 0 atom stereocenters. The number of carbonyl (C=O) groups is 2. The van der Waals surface area contributed by atoms with Crippen LogP contribution in [0, 0.1) is 0 Å². The highest BCUT2D eigenvalue weighted by Gasteiger charge is 2.35. The van der Waals surface area contributed by atoms with Gasteiger partial charge in [-0.3, -0.25) is 14.5 Å². The maximum absolute atomic E-state index is 12.3. The lowest BCUT2D eigenvalue weighted by Gasteiger charge is -2.15. The minimum Gasteiger partial charge on any atom is -0.316 e. The van der Waals surface area contributed by atoms with Crippen molar-refractivity contribution in [3.05, 3.63) is 46.0 Å². The van der Waals surface area contributed by atoms with Crippen LogP contribution in [0.3, 0.4) is 0 Å². The number of nitrogens with one attached hydrogen (secondary N) is 1. The quantitative estimate of drug-likeness (QED) is 0.854.